The second kappa shape index (κ2) is 6.11. The molecule has 3 unspecified atom stereocenters. The van der Waals surface area contributed by atoms with Crippen LogP contribution >= 0.6 is 0 Å². The van der Waals surface area contributed by atoms with E-state index in [2.05, 4.69) is 10.00 Å². The molecule has 0 aliphatic carbocycles. The number of aliphatic hydroxyl groups excluding tert-OH is 2. The Bertz CT molecular complexity index is 458. The van der Waals surface area contributed by atoms with Crippen molar-refractivity contribution in [3.8, 4) is 0 Å². The monoisotopic (exact) mass is 282 g/mol. The van der Waals surface area contributed by atoms with Gasteiger partial charge in [0.25, 0.3) is 0 Å². The van der Waals surface area contributed by atoms with Crippen LogP contribution in [0.5, 0.6) is 0 Å². The maximum atomic E-state index is 10.2. The highest BCUT2D eigenvalue weighted by Crippen LogP contribution is 2.20. The van der Waals surface area contributed by atoms with E-state index < -0.39 is 6.10 Å². The molecule has 20 heavy (non-hydrogen) atoms. The van der Waals surface area contributed by atoms with E-state index in [1.165, 1.54) is 0 Å². The summed E-state index contributed by atoms with van der Waals surface area (Å²) >= 11 is 0. The first kappa shape index (κ1) is 15.3. The minimum atomic E-state index is -0.472. The number of likely N-dealkylation sites (tertiary alicyclic amines) is 1. The van der Waals surface area contributed by atoms with Crippen LogP contribution in [-0.2, 0) is 6.54 Å². The molecular weight excluding hydrogens is 256 g/mol. The van der Waals surface area contributed by atoms with E-state index in [4.69, 9.17) is 5.73 Å². The summed E-state index contributed by atoms with van der Waals surface area (Å²) in [5.41, 5.74) is 8.31. The van der Waals surface area contributed by atoms with Gasteiger partial charge in [-0.1, -0.05) is 0 Å². The summed E-state index contributed by atoms with van der Waals surface area (Å²) in [6.45, 7) is 8.49. The molecule has 2 rings (SSSR count). The molecule has 1 aliphatic heterocycles. The molecule has 6 nitrogen and oxygen atoms in total. The predicted octanol–water partition coefficient (Wildman–Crippen LogP) is 0.146. The molecular formula is C14H26N4O2. The molecule has 114 valence electrons. The van der Waals surface area contributed by atoms with Gasteiger partial charge in [-0.25, -0.2) is 0 Å². The lowest BCUT2D eigenvalue weighted by Gasteiger charge is -2.21. The van der Waals surface area contributed by atoms with Crippen LogP contribution in [0.25, 0.3) is 0 Å². The Balaban J connectivity index is 1.87. The van der Waals surface area contributed by atoms with Crippen molar-refractivity contribution in [1.82, 2.24) is 14.7 Å². The van der Waals surface area contributed by atoms with E-state index in [0.717, 1.165) is 30.9 Å². The van der Waals surface area contributed by atoms with Crippen molar-refractivity contribution < 1.29 is 10.2 Å². The number of β-amino-alcohol motifs (C(OH)–C–C–N with tert-alkyl or cyclic N) is 1. The molecule has 6 heteroatoms. The van der Waals surface area contributed by atoms with Gasteiger partial charge in [0.2, 0.25) is 0 Å². The van der Waals surface area contributed by atoms with E-state index in [0.29, 0.717) is 24.7 Å². The fraction of sp³-hybridized carbons (Fsp3) is 0.786. The third-order valence-corrected chi connectivity index (χ3v) is 4.28. The predicted molar refractivity (Wildman–Crippen MR) is 78.3 cm³/mol. The van der Waals surface area contributed by atoms with Gasteiger partial charge in [-0.05, 0) is 39.7 Å². The van der Waals surface area contributed by atoms with Gasteiger partial charge in [0.1, 0.15) is 0 Å². The Morgan fingerprint density at radius 1 is 1.35 bits per heavy atom. The molecule has 0 spiro atoms. The van der Waals surface area contributed by atoms with Crippen LogP contribution in [0, 0.1) is 19.8 Å². The molecule has 4 N–H and O–H groups in total. The Hall–Kier alpha value is -1.11. The highest BCUT2D eigenvalue weighted by atomic mass is 16.3. The normalized spacial score (nSPS) is 23.1. The fourth-order valence-electron chi connectivity index (χ4n) is 2.87. The summed E-state index contributed by atoms with van der Waals surface area (Å²) in [6, 6.07) is 0. The van der Waals surface area contributed by atoms with Crippen molar-refractivity contribution in [1.29, 1.82) is 0 Å². The topological polar surface area (TPSA) is 87.5 Å². The van der Waals surface area contributed by atoms with E-state index in [1.807, 2.05) is 20.8 Å². The largest absolute Gasteiger partial charge is 0.396 e. The summed E-state index contributed by atoms with van der Waals surface area (Å²) in [6.07, 6.45) is 0.255. The Morgan fingerprint density at radius 2 is 2.05 bits per heavy atom. The van der Waals surface area contributed by atoms with Gasteiger partial charge in [-0.15, -0.1) is 0 Å². The van der Waals surface area contributed by atoms with E-state index in [9.17, 15) is 10.2 Å². The first-order chi connectivity index (χ1) is 9.38. The standard InChI is InChI=1S/C14H26N4O2/c1-9-14(15)10(2)18(16-9)8-13(20)7-17-5-4-12(6-17)11(3)19/h11-13,19-20H,4-8,15H2,1-3H3. The Morgan fingerprint density at radius 3 is 2.55 bits per heavy atom. The van der Waals surface area contributed by atoms with Crippen molar-refractivity contribution in [2.45, 2.75) is 45.9 Å². The molecule has 0 saturated carbocycles. The van der Waals surface area contributed by atoms with Crippen molar-refractivity contribution in [2.24, 2.45) is 5.92 Å². The first-order valence-corrected chi connectivity index (χ1v) is 7.26. The van der Waals surface area contributed by atoms with Crippen molar-refractivity contribution in [3.63, 3.8) is 0 Å². The van der Waals surface area contributed by atoms with Gasteiger partial charge in [-0.3, -0.25) is 4.68 Å². The maximum absolute atomic E-state index is 10.2. The second-order valence-electron chi connectivity index (χ2n) is 5.97. The smallest absolute Gasteiger partial charge is 0.0862 e. The van der Waals surface area contributed by atoms with E-state index >= 15 is 0 Å². The molecule has 0 bridgehead atoms. The Labute approximate surface area is 120 Å². The summed E-state index contributed by atoms with van der Waals surface area (Å²) in [5, 5.41) is 24.1. The number of aliphatic hydroxyl groups is 2. The quantitative estimate of drug-likeness (QED) is 0.715. The van der Waals surface area contributed by atoms with Crippen LogP contribution in [0.4, 0.5) is 5.69 Å². The summed E-state index contributed by atoms with van der Waals surface area (Å²) in [5.74, 6) is 0.325. The highest BCUT2D eigenvalue weighted by molar-refractivity contribution is 5.46. The fourth-order valence-corrected chi connectivity index (χ4v) is 2.87. The zero-order chi connectivity index (χ0) is 14.9. The van der Waals surface area contributed by atoms with Crippen LogP contribution in [0.15, 0.2) is 0 Å². The minimum Gasteiger partial charge on any atom is -0.396 e. The van der Waals surface area contributed by atoms with E-state index in [1.54, 1.807) is 4.68 Å². The molecule has 3 atom stereocenters. The lowest BCUT2D eigenvalue weighted by molar-refractivity contribution is 0.0921. The minimum absolute atomic E-state index is 0.270. The van der Waals surface area contributed by atoms with E-state index in [-0.39, 0.29) is 6.10 Å². The van der Waals surface area contributed by atoms with Gasteiger partial charge >= 0.3 is 0 Å². The molecule has 2 heterocycles. The number of aryl methyl sites for hydroxylation is 1. The van der Waals surface area contributed by atoms with Crippen LogP contribution in [0.3, 0.4) is 0 Å². The lowest BCUT2D eigenvalue weighted by atomic mass is 10.0. The molecule has 1 aliphatic rings. The molecule has 0 amide bonds. The van der Waals surface area contributed by atoms with Crippen LogP contribution in [0.1, 0.15) is 24.7 Å². The van der Waals surface area contributed by atoms with Crippen molar-refractivity contribution >= 4 is 5.69 Å². The molecule has 0 aromatic carbocycles. The van der Waals surface area contributed by atoms with Crippen molar-refractivity contribution in [2.75, 3.05) is 25.4 Å². The number of aromatic nitrogens is 2. The molecule has 1 fully saturated rings. The lowest BCUT2D eigenvalue weighted by Crippen LogP contribution is -2.34. The van der Waals surface area contributed by atoms with Gasteiger partial charge in [-0.2, -0.15) is 5.10 Å². The van der Waals surface area contributed by atoms with Gasteiger partial charge in [0.15, 0.2) is 0 Å². The third-order valence-electron chi connectivity index (χ3n) is 4.28. The number of rotatable bonds is 5. The van der Waals surface area contributed by atoms with Gasteiger partial charge in [0.05, 0.1) is 35.8 Å². The molecule has 1 aromatic rings. The average molecular weight is 282 g/mol. The molecule has 0 radical (unpaired) electrons. The second-order valence-corrected chi connectivity index (χ2v) is 5.97. The zero-order valence-corrected chi connectivity index (χ0v) is 12.6. The van der Waals surface area contributed by atoms with Crippen molar-refractivity contribution in [3.05, 3.63) is 11.4 Å². The molecule has 1 saturated heterocycles. The summed E-state index contributed by atoms with van der Waals surface area (Å²) < 4.78 is 1.78. The number of anilines is 1. The average Bonchev–Trinajstić information content (AvgIpc) is 2.92. The summed E-state index contributed by atoms with van der Waals surface area (Å²) in [4.78, 5) is 2.21. The highest BCUT2D eigenvalue weighted by Gasteiger charge is 2.27. The number of hydrogen-bond acceptors (Lipinski definition) is 5. The van der Waals surface area contributed by atoms with Crippen LogP contribution < -0.4 is 5.73 Å². The van der Waals surface area contributed by atoms with Crippen LogP contribution in [-0.4, -0.2) is 56.7 Å². The van der Waals surface area contributed by atoms with Gasteiger partial charge in [0, 0.05) is 13.1 Å². The number of nitrogen functional groups attached to an aromatic ring is 1. The first-order valence-electron chi connectivity index (χ1n) is 7.26. The number of nitrogens with zero attached hydrogens (tertiary/aromatic N) is 3. The number of hydrogen-bond donors (Lipinski definition) is 3. The summed E-state index contributed by atoms with van der Waals surface area (Å²) in [7, 11) is 0. The maximum Gasteiger partial charge on any atom is 0.0862 e. The zero-order valence-electron chi connectivity index (χ0n) is 12.6. The van der Waals surface area contributed by atoms with Crippen LogP contribution in [0.2, 0.25) is 0 Å². The number of nitrogens with two attached hydrogens (primary N) is 1. The molecule has 1 aromatic heterocycles. The van der Waals surface area contributed by atoms with Gasteiger partial charge < -0.3 is 20.8 Å². The SMILES string of the molecule is Cc1nn(CC(O)CN2CCC(C(C)O)C2)c(C)c1N. The third kappa shape index (κ3) is 3.31. The Kier molecular flexibility index (Phi) is 4.67.